The van der Waals surface area contributed by atoms with Crippen LogP contribution in [0.4, 0.5) is 0 Å². The van der Waals surface area contributed by atoms with Gasteiger partial charge in [0.25, 0.3) is 0 Å². The second kappa shape index (κ2) is 9.09. The zero-order chi connectivity index (χ0) is 4.12. The second-order valence-electron chi connectivity index (χ2n) is 0.695. The molecule has 6 heavy (non-hydrogen) atoms. The first kappa shape index (κ1) is 9.71. The normalized spacial score (nSPS) is 7.00. The molecule has 0 atom stereocenters. The Kier molecular flexibility index (Phi) is 14.7. The van der Waals surface area contributed by atoms with Gasteiger partial charge in [-0.15, -0.1) is 6.42 Å². The van der Waals surface area contributed by atoms with Gasteiger partial charge in [0, 0.05) is 25.2 Å². The minimum absolute atomic E-state index is 0. The number of rotatable bonds is 2. The van der Waals surface area contributed by atoms with Gasteiger partial charge in [-0.3, -0.25) is 0 Å². The molecule has 0 heterocycles. The third-order valence-electron chi connectivity index (χ3n) is 0.258. The molecule has 0 saturated heterocycles. The SMILES string of the molecule is O[CH-]CCO.[V]. The van der Waals surface area contributed by atoms with Gasteiger partial charge < -0.3 is 10.2 Å². The van der Waals surface area contributed by atoms with E-state index in [0.29, 0.717) is 6.42 Å². The van der Waals surface area contributed by atoms with E-state index in [1.54, 1.807) is 0 Å². The van der Waals surface area contributed by atoms with E-state index in [1.807, 2.05) is 0 Å². The van der Waals surface area contributed by atoms with Crippen molar-refractivity contribution in [2.24, 2.45) is 0 Å². The summed E-state index contributed by atoms with van der Waals surface area (Å²) in [6.07, 6.45) is 0.375. The molecule has 0 bridgehead atoms. The van der Waals surface area contributed by atoms with Gasteiger partial charge in [-0.25, -0.2) is 6.61 Å². The molecule has 0 rings (SSSR count). The van der Waals surface area contributed by atoms with Crippen molar-refractivity contribution >= 4 is 0 Å². The fraction of sp³-hybridized carbons (Fsp3) is 0.667. The molecule has 0 aliphatic rings. The summed E-state index contributed by atoms with van der Waals surface area (Å²) in [6.45, 7) is 0.969. The Morgan fingerprint density at radius 1 is 1.50 bits per heavy atom. The number of hydrogen-bond donors (Lipinski definition) is 2. The molecule has 37 valence electrons. The summed E-state index contributed by atoms with van der Waals surface area (Å²) < 4.78 is 0. The molecule has 0 amide bonds. The predicted molar refractivity (Wildman–Crippen MR) is 17.9 cm³/mol. The zero-order valence-corrected chi connectivity index (χ0v) is 4.73. The second-order valence-corrected chi connectivity index (χ2v) is 0.695. The van der Waals surface area contributed by atoms with E-state index in [-0.39, 0.29) is 25.2 Å². The van der Waals surface area contributed by atoms with Gasteiger partial charge >= 0.3 is 0 Å². The Balaban J connectivity index is 0. The molecule has 1 radical (unpaired) electrons. The van der Waals surface area contributed by atoms with E-state index in [1.165, 1.54) is 0 Å². The van der Waals surface area contributed by atoms with E-state index in [0.717, 1.165) is 6.61 Å². The largest absolute Gasteiger partial charge is 0.566 e. The maximum atomic E-state index is 7.88. The molecule has 0 aromatic carbocycles. The summed E-state index contributed by atoms with van der Waals surface area (Å²) in [5.41, 5.74) is 0. The third kappa shape index (κ3) is 8.82. The van der Waals surface area contributed by atoms with Crippen molar-refractivity contribution in [1.29, 1.82) is 0 Å². The molecule has 0 saturated carbocycles. The maximum Gasteiger partial charge on any atom is 0.0179 e. The molecule has 2 N–H and O–H groups in total. The summed E-state index contributed by atoms with van der Waals surface area (Å²) in [6, 6.07) is 0. The summed E-state index contributed by atoms with van der Waals surface area (Å²) in [7, 11) is 0. The van der Waals surface area contributed by atoms with Crippen LogP contribution in [0.1, 0.15) is 6.42 Å². The van der Waals surface area contributed by atoms with Crippen LogP contribution in [0.15, 0.2) is 0 Å². The number of hydrogen-bond acceptors (Lipinski definition) is 2. The van der Waals surface area contributed by atoms with Crippen LogP contribution < -0.4 is 0 Å². The first-order valence-corrected chi connectivity index (χ1v) is 1.48. The van der Waals surface area contributed by atoms with Gasteiger partial charge in [-0.1, -0.05) is 0 Å². The van der Waals surface area contributed by atoms with E-state index in [4.69, 9.17) is 10.2 Å². The molecule has 0 fully saturated rings. The van der Waals surface area contributed by atoms with Crippen LogP contribution in [0.2, 0.25) is 0 Å². The minimum Gasteiger partial charge on any atom is -0.566 e. The smallest absolute Gasteiger partial charge is 0.0179 e. The molecule has 0 aromatic rings. The van der Waals surface area contributed by atoms with Gasteiger partial charge in [-0.2, -0.15) is 0 Å². The predicted octanol–water partition coefficient (Wildman–Crippen LogP) is -0.0994. The Labute approximate surface area is 49.1 Å². The monoisotopic (exact) mass is 126 g/mol. The molecule has 2 nitrogen and oxygen atoms in total. The van der Waals surface area contributed by atoms with Crippen LogP contribution in [-0.4, -0.2) is 16.8 Å². The van der Waals surface area contributed by atoms with E-state index >= 15 is 0 Å². The summed E-state index contributed by atoms with van der Waals surface area (Å²) >= 11 is 0. The van der Waals surface area contributed by atoms with Gasteiger partial charge in [-0.05, 0) is 0 Å². The van der Waals surface area contributed by atoms with E-state index in [2.05, 4.69) is 0 Å². The van der Waals surface area contributed by atoms with Crippen LogP contribution in [0.25, 0.3) is 0 Å². The van der Waals surface area contributed by atoms with Gasteiger partial charge in [0.05, 0.1) is 0 Å². The van der Waals surface area contributed by atoms with Crippen molar-refractivity contribution in [2.75, 3.05) is 6.61 Å². The number of aliphatic hydroxyl groups is 2. The van der Waals surface area contributed by atoms with Crippen molar-refractivity contribution in [3.63, 3.8) is 0 Å². The van der Waals surface area contributed by atoms with Gasteiger partial charge in [0.1, 0.15) is 0 Å². The van der Waals surface area contributed by atoms with Crippen molar-refractivity contribution in [3.05, 3.63) is 6.61 Å². The van der Waals surface area contributed by atoms with Crippen molar-refractivity contribution < 1.29 is 28.8 Å². The van der Waals surface area contributed by atoms with Crippen LogP contribution in [0, 0.1) is 6.61 Å². The van der Waals surface area contributed by atoms with Crippen LogP contribution in [0.5, 0.6) is 0 Å². The molecular weight excluding hydrogens is 119 g/mol. The molecular formula is C3H7O2V-. The fourth-order valence-electron chi connectivity index (χ4n) is 0.0577. The first-order valence-electron chi connectivity index (χ1n) is 1.48. The van der Waals surface area contributed by atoms with Crippen LogP contribution in [0.3, 0.4) is 0 Å². The van der Waals surface area contributed by atoms with E-state index in [9.17, 15) is 0 Å². The van der Waals surface area contributed by atoms with Crippen molar-refractivity contribution in [2.45, 2.75) is 6.42 Å². The average Bonchev–Trinajstić information content (AvgIpc) is 1.41. The molecule has 0 aliphatic heterocycles. The molecule has 0 aliphatic carbocycles. The summed E-state index contributed by atoms with van der Waals surface area (Å²) in [5.74, 6) is 0. The fourth-order valence-corrected chi connectivity index (χ4v) is 0.0577. The first-order chi connectivity index (χ1) is 2.41. The number of aliphatic hydroxyl groups excluding tert-OH is 2. The minimum atomic E-state index is 0. The Hall–Kier alpha value is 0.504. The van der Waals surface area contributed by atoms with Crippen molar-refractivity contribution in [3.8, 4) is 0 Å². The standard InChI is InChI=1S/C3H7O2.V/c4-2-1-3-5;/h2,4-5H,1,3H2;/q-1;. The summed E-state index contributed by atoms with van der Waals surface area (Å²) in [5, 5.41) is 15.7. The average molecular weight is 126 g/mol. The maximum absolute atomic E-state index is 7.88. The van der Waals surface area contributed by atoms with E-state index < -0.39 is 0 Å². The van der Waals surface area contributed by atoms with Crippen molar-refractivity contribution in [1.82, 2.24) is 0 Å². The molecule has 3 heteroatoms. The van der Waals surface area contributed by atoms with Crippen LogP contribution >= 0.6 is 0 Å². The van der Waals surface area contributed by atoms with Crippen LogP contribution in [-0.2, 0) is 18.6 Å². The summed E-state index contributed by atoms with van der Waals surface area (Å²) in [4.78, 5) is 0. The Morgan fingerprint density at radius 2 is 2.00 bits per heavy atom. The Bertz CT molecular complexity index is 16.3. The topological polar surface area (TPSA) is 40.5 Å². The molecule has 0 unspecified atom stereocenters. The Morgan fingerprint density at radius 3 is 2.00 bits per heavy atom. The van der Waals surface area contributed by atoms with Gasteiger partial charge in [0.2, 0.25) is 0 Å². The van der Waals surface area contributed by atoms with Gasteiger partial charge in [0.15, 0.2) is 0 Å². The molecule has 0 aromatic heterocycles. The third-order valence-corrected chi connectivity index (χ3v) is 0.258. The quantitative estimate of drug-likeness (QED) is 0.507. The zero-order valence-electron chi connectivity index (χ0n) is 3.33. The molecule has 0 spiro atoms.